The van der Waals surface area contributed by atoms with Gasteiger partial charge in [0.2, 0.25) is 11.8 Å². The fourth-order valence-electron chi connectivity index (χ4n) is 1.40. The van der Waals surface area contributed by atoms with E-state index in [9.17, 15) is 23.4 Å². The van der Waals surface area contributed by atoms with E-state index in [1.54, 1.807) is 0 Å². The van der Waals surface area contributed by atoms with Gasteiger partial charge in [-0.1, -0.05) is 0 Å². The van der Waals surface area contributed by atoms with Crippen molar-refractivity contribution < 1.29 is 31.8 Å². The van der Waals surface area contributed by atoms with E-state index in [0.717, 1.165) is 0 Å². The van der Waals surface area contributed by atoms with Crippen LogP contribution >= 0.6 is 12.6 Å². The highest BCUT2D eigenvalue weighted by atomic mass is 32.2. The summed E-state index contributed by atoms with van der Waals surface area (Å²) in [7, 11) is 0. The molecule has 0 aromatic rings. The second-order valence-corrected chi connectivity index (χ2v) is 5.33. The van der Waals surface area contributed by atoms with Crippen LogP contribution in [-0.2, 0) is 38.9 Å². The van der Waals surface area contributed by atoms with E-state index < -0.39 is 53.7 Å². The summed E-state index contributed by atoms with van der Waals surface area (Å²) in [4.78, 5) is 46.1. The number of rotatable bonds is 1. The minimum absolute atomic E-state index is 0.00729. The van der Waals surface area contributed by atoms with Crippen LogP contribution in [0.4, 0.5) is 0 Å². The van der Waals surface area contributed by atoms with Crippen molar-refractivity contribution in [1.82, 2.24) is 10.6 Å². The van der Waals surface area contributed by atoms with Crippen LogP contribution in [0.1, 0.15) is 12.8 Å². The van der Waals surface area contributed by atoms with Crippen LogP contribution in [0.2, 0.25) is 0 Å². The molecule has 1 fully saturated rings. The topological polar surface area (TPSA) is 154 Å². The molecule has 0 aromatic heterocycles. The van der Waals surface area contributed by atoms with Crippen molar-refractivity contribution in [3.63, 3.8) is 0 Å². The molecule has 0 aliphatic carbocycles. The maximum atomic E-state index is 11.7. The molecular weight excluding hydrogens is 338 g/mol. The van der Waals surface area contributed by atoms with E-state index in [1.165, 1.54) is 0 Å². The number of hydrogen-bond donors (Lipinski definition) is 4. The maximum absolute atomic E-state index is 11.7. The van der Waals surface area contributed by atoms with Gasteiger partial charge in [0, 0.05) is 12.2 Å². The van der Waals surface area contributed by atoms with Gasteiger partial charge in [0.15, 0.2) is 0 Å². The zero-order chi connectivity index (χ0) is 16.7. The molecule has 1 rings (SSSR count). The summed E-state index contributed by atoms with van der Waals surface area (Å²) in [5.41, 5.74) is 5.46. The molecule has 4 N–H and O–H groups in total. The van der Waals surface area contributed by atoms with Gasteiger partial charge in [0.05, 0.1) is 0 Å². The summed E-state index contributed by atoms with van der Waals surface area (Å²) in [6.45, 7) is -0.617. The van der Waals surface area contributed by atoms with E-state index in [1.807, 2.05) is 0 Å². The Morgan fingerprint density at radius 1 is 1.27 bits per heavy atom. The highest BCUT2D eigenvalue weighted by Gasteiger charge is 2.25. The fourth-order valence-corrected chi connectivity index (χ4v) is 2.16. The van der Waals surface area contributed by atoms with Crippen LogP contribution < -0.4 is 16.4 Å². The van der Waals surface area contributed by atoms with Crippen molar-refractivity contribution in [2.24, 2.45) is 5.73 Å². The van der Waals surface area contributed by atoms with Crippen molar-refractivity contribution in [3.05, 3.63) is 0 Å². The van der Waals surface area contributed by atoms with Crippen molar-refractivity contribution in [1.29, 1.82) is 0 Å². The highest BCUT2D eigenvalue weighted by molar-refractivity contribution is 7.80. The molecule has 10 nitrogen and oxygen atoms in total. The van der Waals surface area contributed by atoms with Crippen molar-refractivity contribution in [3.8, 4) is 0 Å². The lowest BCUT2D eigenvalue weighted by atomic mass is 10.1. The first-order chi connectivity index (χ1) is 10.3. The molecule has 124 valence electrons. The molecule has 0 bridgehead atoms. The second kappa shape index (κ2) is 8.70. The Kier molecular flexibility index (Phi) is 7.27. The average molecular weight is 353 g/mol. The number of carbonyl (C=O) groups is 4. The third kappa shape index (κ3) is 5.99. The maximum Gasteiger partial charge on any atom is 0.423 e. The van der Waals surface area contributed by atoms with Crippen LogP contribution in [0.5, 0.6) is 0 Å². The lowest BCUT2D eigenvalue weighted by molar-refractivity contribution is -0.139. The number of hydrogen-bond acceptors (Lipinski definition) is 9. The van der Waals surface area contributed by atoms with Gasteiger partial charge in [-0.05, 0) is 6.42 Å². The first-order valence-corrected chi connectivity index (χ1v) is 7.75. The molecule has 1 saturated heterocycles. The Hall–Kier alpha value is -1.66. The van der Waals surface area contributed by atoms with E-state index in [-0.39, 0.29) is 18.6 Å². The molecule has 1 aliphatic rings. The molecule has 1 heterocycles. The minimum atomic E-state index is -2.67. The Morgan fingerprint density at radius 3 is 2.59 bits per heavy atom. The van der Waals surface area contributed by atoms with E-state index >= 15 is 0 Å². The van der Waals surface area contributed by atoms with Crippen molar-refractivity contribution in [2.75, 3.05) is 12.3 Å². The smallest absolute Gasteiger partial charge is 0.344 e. The Bertz CT molecular complexity index is 499. The van der Waals surface area contributed by atoms with Gasteiger partial charge in [0.1, 0.15) is 18.6 Å². The van der Waals surface area contributed by atoms with Gasteiger partial charge >= 0.3 is 23.3 Å². The molecule has 1 aliphatic heterocycles. The molecule has 0 aromatic carbocycles. The normalized spacial score (nSPS) is 28.7. The SMILES string of the molecule is NC1CCC(=O)NC(CS)C(=O)NCC(=O)OS(=O)OC1=O. The molecule has 22 heavy (non-hydrogen) atoms. The Labute approximate surface area is 133 Å². The zero-order valence-electron chi connectivity index (χ0n) is 11.3. The molecule has 2 amide bonds. The summed E-state index contributed by atoms with van der Waals surface area (Å²) in [6.07, 6.45) is -0.253. The number of carbonyl (C=O) groups excluding carboxylic acids is 4. The van der Waals surface area contributed by atoms with Crippen LogP contribution in [0.3, 0.4) is 0 Å². The van der Waals surface area contributed by atoms with Crippen LogP contribution in [0, 0.1) is 0 Å². The Balaban J connectivity index is 2.81. The number of thiol groups is 1. The van der Waals surface area contributed by atoms with Gasteiger partial charge in [-0.25, -0.2) is 9.59 Å². The summed E-state index contributed by atoms with van der Waals surface area (Å²) >= 11 is 1.26. The van der Waals surface area contributed by atoms with Gasteiger partial charge in [-0.2, -0.15) is 16.8 Å². The van der Waals surface area contributed by atoms with Gasteiger partial charge in [-0.3, -0.25) is 9.59 Å². The lowest BCUT2D eigenvalue weighted by Gasteiger charge is -2.17. The molecular formula is C10H15N3O7S2. The van der Waals surface area contributed by atoms with Crippen molar-refractivity contribution >= 4 is 47.7 Å². The highest BCUT2D eigenvalue weighted by Crippen LogP contribution is 2.02. The van der Waals surface area contributed by atoms with Gasteiger partial charge < -0.3 is 24.7 Å². The largest absolute Gasteiger partial charge is 0.423 e. The standard InChI is InChI=1S/C10H15N3O7S2/c11-5-1-2-7(14)13-6(4-21)9(16)12-3-8(15)19-22(18)20-10(5)17/h5-6,21H,1-4,11H2,(H,12,16)(H,13,14). The summed E-state index contributed by atoms with van der Waals surface area (Å²) in [5.74, 6) is -3.37. The molecule has 12 heteroatoms. The third-order valence-corrected chi connectivity index (χ3v) is 3.53. The van der Waals surface area contributed by atoms with E-state index in [0.29, 0.717) is 0 Å². The van der Waals surface area contributed by atoms with Crippen LogP contribution in [-0.4, -0.2) is 52.3 Å². The molecule has 0 spiro atoms. The Morgan fingerprint density at radius 2 is 1.95 bits per heavy atom. The predicted molar refractivity (Wildman–Crippen MR) is 76.3 cm³/mol. The predicted octanol–water partition coefficient (Wildman–Crippen LogP) is -2.70. The number of nitrogens with two attached hydrogens (primary N) is 1. The van der Waals surface area contributed by atoms with Crippen LogP contribution in [0.25, 0.3) is 0 Å². The first-order valence-electron chi connectivity index (χ1n) is 6.12. The van der Waals surface area contributed by atoms with E-state index in [4.69, 9.17) is 5.73 Å². The third-order valence-electron chi connectivity index (χ3n) is 2.54. The summed E-state index contributed by atoms with van der Waals surface area (Å²) < 4.78 is 19.8. The minimum Gasteiger partial charge on any atom is -0.344 e. The zero-order valence-corrected chi connectivity index (χ0v) is 13.0. The second-order valence-electron chi connectivity index (χ2n) is 4.23. The van der Waals surface area contributed by atoms with E-state index in [2.05, 4.69) is 31.6 Å². The van der Waals surface area contributed by atoms with Crippen molar-refractivity contribution in [2.45, 2.75) is 24.9 Å². The van der Waals surface area contributed by atoms with Gasteiger partial charge in [0.25, 0.3) is 0 Å². The quantitative estimate of drug-likeness (QED) is 0.371. The number of nitrogens with one attached hydrogen (secondary N) is 2. The summed E-state index contributed by atoms with van der Waals surface area (Å²) in [6, 6.07) is -2.19. The van der Waals surface area contributed by atoms with Gasteiger partial charge in [-0.15, -0.1) is 0 Å². The number of amides is 2. The average Bonchev–Trinajstić information content (AvgIpc) is 2.46. The molecule has 0 saturated carbocycles. The monoisotopic (exact) mass is 353 g/mol. The van der Waals surface area contributed by atoms with Crippen LogP contribution in [0.15, 0.2) is 0 Å². The summed E-state index contributed by atoms with van der Waals surface area (Å²) in [5, 5.41) is 4.55. The molecule has 3 unspecified atom stereocenters. The molecule has 3 atom stereocenters. The first kappa shape index (κ1) is 18.4. The molecule has 0 radical (unpaired) electrons. The lowest BCUT2D eigenvalue weighted by Crippen LogP contribution is -2.49. The fraction of sp³-hybridized carbons (Fsp3) is 0.600.